The van der Waals surface area contributed by atoms with Gasteiger partial charge in [-0.05, 0) is 69.3 Å². The molecule has 2 heterocycles. The molecule has 39 heavy (non-hydrogen) atoms. The Morgan fingerprint density at radius 2 is 1.72 bits per heavy atom. The van der Waals surface area contributed by atoms with Crippen molar-refractivity contribution >= 4 is 17.8 Å². The number of carbonyl (C=O) groups excluding carboxylic acids is 2. The van der Waals surface area contributed by atoms with Gasteiger partial charge in [0.1, 0.15) is 5.82 Å². The average molecular weight is 537 g/mol. The van der Waals surface area contributed by atoms with Crippen LogP contribution < -0.4 is 22.5 Å². The minimum absolute atomic E-state index is 0.0593. The Morgan fingerprint density at radius 1 is 1.08 bits per heavy atom. The summed E-state index contributed by atoms with van der Waals surface area (Å²) < 4.78 is 1.46. The zero-order chi connectivity index (χ0) is 27.9. The Balaban J connectivity index is 1.17. The number of piperazine rings is 1. The lowest BCUT2D eigenvalue weighted by Crippen LogP contribution is -2.58. The summed E-state index contributed by atoms with van der Waals surface area (Å²) in [7, 11) is 0. The van der Waals surface area contributed by atoms with E-state index in [0.717, 1.165) is 38.3 Å². The lowest BCUT2D eigenvalue weighted by atomic mass is 9.77. The van der Waals surface area contributed by atoms with Gasteiger partial charge in [0.25, 0.3) is 0 Å². The highest BCUT2D eigenvalue weighted by molar-refractivity contribution is 5.89. The summed E-state index contributed by atoms with van der Waals surface area (Å²) in [4.78, 5) is 47.7. The maximum Gasteiger partial charge on any atom is 0.354 e. The number of carbonyl (C=O) groups is 2. The number of rotatable bonds is 7. The Kier molecular flexibility index (Phi) is 7.25. The second kappa shape index (κ2) is 10.4. The maximum absolute atomic E-state index is 12.8. The molecule has 0 spiro atoms. The molecule has 1 atom stereocenters. The van der Waals surface area contributed by atoms with Crippen molar-refractivity contribution < 1.29 is 9.59 Å². The summed E-state index contributed by atoms with van der Waals surface area (Å²) in [6.07, 6.45) is 4.98. The Hall–Kier alpha value is -3.28. The molecule has 3 aliphatic carbocycles. The van der Waals surface area contributed by atoms with Crippen molar-refractivity contribution in [2.45, 2.75) is 63.7 Å². The van der Waals surface area contributed by atoms with Crippen LogP contribution >= 0.6 is 0 Å². The number of anilines is 1. The number of urea groups is 1. The molecule has 0 radical (unpaired) electrons. The summed E-state index contributed by atoms with van der Waals surface area (Å²) in [6, 6.07) is 9.75. The molecular weight excluding hydrogens is 496 g/mol. The molecule has 1 aromatic carbocycles. The molecule has 6 rings (SSSR count). The van der Waals surface area contributed by atoms with Gasteiger partial charge in [0.05, 0.1) is 11.2 Å². The van der Waals surface area contributed by atoms with Crippen molar-refractivity contribution in [1.29, 1.82) is 0 Å². The molecule has 11 nitrogen and oxygen atoms in total. The van der Waals surface area contributed by atoms with Gasteiger partial charge in [-0.25, -0.2) is 9.59 Å². The van der Waals surface area contributed by atoms with Crippen LogP contribution in [-0.4, -0.2) is 86.0 Å². The van der Waals surface area contributed by atoms with Gasteiger partial charge >= 0.3 is 11.7 Å². The van der Waals surface area contributed by atoms with Crippen LogP contribution in [0, 0.1) is 5.92 Å². The van der Waals surface area contributed by atoms with Crippen molar-refractivity contribution in [2.75, 3.05) is 38.0 Å². The minimum Gasteiger partial charge on any atom is -0.338 e. The summed E-state index contributed by atoms with van der Waals surface area (Å²) in [5.74, 6) is 0.763. The predicted molar refractivity (Wildman–Crippen MR) is 149 cm³/mol. The van der Waals surface area contributed by atoms with E-state index >= 15 is 0 Å². The van der Waals surface area contributed by atoms with Gasteiger partial charge in [0.15, 0.2) is 0 Å². The smallest absolute Gasteiger partial charge is 0.338 e. The number of nitrogens with one attached hydrogen (secondary N) is 1. The van der Waals surface area contributed by atoms with E-state index in [4.69, 9.17) is 11.5 Å². The first-order valence-corrected chi connectivity index (χ1v) is 13.8. The Morgan fingerprint density at radius 3 is 2.26 bits per heavy atom. The third-order valence-electron chi connectivity index (χ3n) is 8.42. The highest BCUT2D eigenvalue weighted by Gasteiger charge is 2.54. The predicted octanol–water partition coefficient (Wildman–Crippen LogP) is 1.35. The van der Waals surface area contributed by atoms with Gasteiger partial charge in [0.2, 0.25) is 5.91 Å². The van der Waals surface area contributed by atoms with E-state index in [1.165, 1.54) is 10.1 Å². The van der Waals surface area contributed by atoms with E-state index in [9.17, 15) is 14.4 Å². The van der Waals surface area contributed by atoms with E-state index in [1.807, 2.05) is 24.3 Å². The SMILES string of the molecule is CCN(Cc1ccc(-n2ccc(NC(=O)N3CCN(C(=O)C(C)(C)N)CC3)nc2=O)cc1)[C@@H]1CC2(N)CC1C2. The number of aromatic nitrogens is 2. The minimum atomic E-state index is -0.946. The van der Waals surface area contributed by atoms with E-state index in [1.54, 1.807) is 35.9 Å². The van der Waals surface area contributed by atoms with E-state index in [-0.39, 0.29) is 23.3 Å². The number of fused-ring (bicyclic) bond motifs is 1. The lowest BCUT2D eigenvalue weighted by Gasteiger charge is -2.37. The van der Waals surface area contributed by atoms with Crippen LogP contribution in [0.5, 0.6) is 0 Å². The number of hydrogen-bond donors (Lipinski definition) is 3. The molecule has 3 amide bonds. The summed E-state index contributed by atoms with van der Waals surface area (Å²) >= 11 is 0. The molecular formula is C28H40N8O3. The maximum atomic E-state index is 12.8. The largest absolute Gasteiger partial charge is 0.354 e. The number of nitrogens with zero attached hydrogens (tertiary/aromatic N) is 5. The van der Waals surface area contributed by atoms with Crippen LogP contribution in [0.1, 0.15) is 45.6 Å². The van der Waals surface area contributed by atoms with Crippen LogP contribution in [0.25, 0.3) is 5.69 Å². The summed E-state index contributed by atoms with van der Waals surface area (Å²) in [5.41, 5.74) is 12.9. The lowest BCUT2D eigenvalue weighted by molar-refractivity contribution is -0.137. The van der Waals surface area contributed by atoms with Crippen LogP contribution in [0.2, 0.25) is 0 Å². The molecule has 1 saturated heterocycles. The van der Waals surface area contributed by atoms with Gasteiger partial charge in [0, 0.05) is 50.5 Å². The third kappa shape index (κ3) is 5.70. The van der Waals surface area contributed by atoms with E-state index < -0.39 is 11.2 Å². The van der Waals surface area contributed by atoms with E-state index in [2.05, 4.69) is 22.1 Å². The van der Waals surface area contributed by atoms with Gasteiger partial charge in [-0.2, -0.15) is 4.98 Å². The molecule has 2 bridgehead atoms. The number of benzene rings is 1. The van der Waals surface area contributed by atoms with Crippen LogP contribution in [0.4, 0.5) is 10.6 Å². The van der Waals surface area contributed by atoms with Crippen molar-refractivity contribution in [2.24, 2.45) is 17.4 Å². The summed E-state index contributed by atoms with van der Waals surface area (Å²) in [6.45, 7) is 8.95. The Bertz CT molecular complexity index is 1270. The molecule has 3 saturated carbocycles. The van der Waals surface area contributed by atoms with Gasteiger partial charge < -0.3 is 21.3 Å². The molecule has 4 aliphatic rings. The fourth-order valence-electron chi connectivity index (χ4n) is 6.27. The first-order chi connectivity index (χ1) is 18.5. The van der Waals surface area contributed by atoms with Gasteiger partial charge in [-0.15, -0.1) is 0 Å². The van der Waals surface area contributed by atoms with Crippen LogP contribution in [0.3, 0.4) is 0 Å². The quantitative estimate of drug-likeness (QED) is 0.485. The topological polar surface area (TPSA) is 143 Å². The first-order valence-electron chi connectivity index (χ1n) is 13.8. The zero-order valence-electron chi connectivity index (χ0n) is 23.1. The number of amides is 3. The molecule has 2 aromatic rings. The Labute approximate surface area is 229 Å². The molecule has 1 aromatic heterocycles. The fourth-order valence-corrected chi connectivity index (χ4v) is 6.27. The monoisotopic (exact) mass is 536 g/mol. The summed E-state index contributed by atoms with van der Waals surface area (Å²) in [5, 5.41) is 2.70. The second-order valence-corrected chi connectivity index (χ2v) is 11.9. The molecule has 1 aliphatic heterocycles. The standard InChI is InChI=1S/C28H40N8O3/c1-4-33(22-17-28(30)15-20(22)16-28)18-19-5-7-21(8-6-19)36-10-9-23(32-26(36)39)31-25(38)35-13-11-34(12-14-35)24(37)27(2,3)29/h5-10,20,22H,4,11-18,29-30H2,1-3H3,(H,31,32,38,39)/t20?,22-,28?/m1/s1. The van der Waals surface area contributed by atoms with Crippen molar-refractivity contribution in [3.05, 3.63) is 52.6 Å². The van der Waals surface area contributed by atoms with Crippen LogP contribution in [0.15, 0.2) is 41.3 Å². The van der Waals surface area contributed by atoms with Crippen molar-refractivity contribution in [3.63, 3.8) is 0 Å². The first kappa shape index (κ1) is 27.3. The number of hydrogen-bond acceptors (Lipinski definition) is 7. The number of nitrogens with two attached hydrogens (primary N) is 2. The average Bonchev–Trinajstić information content (AvgIpc) is 3.40. The second-order valence-electron chi connectivity index (χ2n) is 11.9. The molecule has 210 valence electrons. The van der Waals surface area contributed by atoms with Crippen molar-refractivity contribution in [1.82, 2.24) is 24.3 Å². The van der Waals surface area contributed by atoms with Crippen LogP contribution in [-0.2, 0) is 11.3 Å². The zero-order valence-corrected chi connectivity index (χ0v) is 23.1. The van der Waals surface area contributed by atoms with E-state index in [0.29, 0.717) is 37.9 Å². The van der Waals surface area contributed by atoms with Crippen molar-refractivity contribution in [3.8, 4) is 5.69 Å². The highest BCUT2D eigenvalue weighted by atomic mass is 16.2. The molecule has 11 heteroatoms. The molecule has 0 unspecified atom stereocenters. The van der Waals surface area contributed by atoms with Gasteiger partial charge in [-0.3, -0.25) is 19.6 Å². The highest BCUT2D eigenvalue weighted by Crippen LogP contribution is 2.52. The van der Waals surface area contributed by atoms with Gasteiger partial charge in [-0.1, -0.05) is 19.1 Å². The third-order valence-corrected chi connectivity index (χ3v) is 8.42. The molecule has 5 N–H and O–H groups in total. The fraction of sp³-hybridized carbons (Fsp3) is 0.571. The normalized spacial score (nSPS) is 24.6. The molecule has 4 fully saturated rings.